The van der Waals surface area contributed by atoms with Crippen molar-refractivity contribution in [2.24, 2.45) is 11.8 Å². The van der Waals surface area contributed by atoms with Crippen LogP contribution in [0.2, 0.25) is 5.02 Å². The molecule has 1 aliphatic carbocycles. The van der Waals surface area contributed by atoms with Gasteiger partial charge in [-0.05, 0) is 69.4 Å². The fourth-order valence-electron chi connectivity index (χ4n) is 5.22. The minimum Gasteiger partial charge on any atom is -0.369 e. The van der Waals surface area contributed by atoms with Gasteiger partial charge in [-0.15, -0.1) is 0 Å². The fraction of sp³-hybridized carbons (Fsp3) is 0.682. The molecule has 1 aromatic carbocycles. The summed E-state index contributed by atoms with van der Waals surface area (Å²) in [6.07, 6.45) is 4.41. The minimum atomic E-state index is 0.251. The van der Waals surface area contributed by atoms with Gasteiger partial charge in [0.1, 0.15) is 0 Å². The lowest BCUT2D eigenvalue weighted by molar-refractivity contribution is -0.124. The predicted octanol–water partition coefficient (Wildman–Crippen LogP) is 2.70. The average Bonchev–Trinajstić information content (AvgIpc) is 3.12. The highest BCUT2D eigenvalue weighted by molar-refractivity contribution is 6.30. The van der Waals surface area contributed by atoms with Crippen molar-refractivity contribution in [3.05, 3.63) is 29.3 Å². The van der Waals surface area contributed by atoms with E-state index in [0.717, 1.165) is 50.7 Å². The summed E-state index contributed by atoms with van der Waals surface area (Å²) in [7, 11) is 2.27. The van der Waals surface area contributed by atoms with E-state index >= 15 is 0 Å². The van der Waals surface area contributed by atoms with Crippen LogP contribution in [0.4, 0.5) is 5.69 Å². The van der Waals surface area contributed by atoms with Crippen LogP contribution >= 0.6 is 11.6 Å². The van der Waals surface area contributed by atoms with Gasteiger partial charge in [-0.1, -0.05) is 17.7 Å². The molecule has 2 aliphatic heterocycles. The van der Waals surface area contributed by atoms with Crippen LogP contribution in [0, 0.1) is 11.8 Å². The number of benzene rings is 1. The molecule has 1 aromatic rings. The first-order chi connectivity index (χ1) is 13.6. The molecule has 154 valence electrons. The number of halogens is 1. The topological polar surface area (TPSA) is 38.8 Å². The quantitative estimate of drug-likeness (QED) is 0.791. The number of carbonyl (C=O) groups excluding carboxylic acids is 1. The largest absolute Gasteiger partial charge is 0.369 e. The molecule has 2 heterocycles. The van der Waals surface area contributed by atoms with Gasteiger partial charge in [0, 0.05) is 55.9 Å². The zero-order chi connectivity index (χ0) is 19.5. The van der Waals surface area contributed by atoms with Gasteiger partial charge in [0.25, 0.3) is 0 Å². The van der Waals surface area contributed by atoms with Crippen molar-refractivity contribution < 1.29 is 4.79 Å². The molecule has 2 saturated heterocycles. The lowest BCUT2D eigenvalue weighted by Gasteiger charge is -2.36. The van der Waals surface area contributed by atoms with Gasteiger partial charge < -0.3 is 15.1 Å². The van der Waals surface area contributed by atoms with Gasteiger partial charge in [0.05, 0.1) is 0 Å². The van der Waals surface area contributed by atoms with Crippen molar-refractivity contribution in [3.8, 4) is 0 Å². The van der Waals surface area contributed by atoms with E-state index in [1.54, 1.807) is 0 Å². The molecule has 0 spiro atoms. The molecule has 28 heavy (non-hydrogen) atoms. The summed E-state index contributed by atoms with van der Waals surface area (Å²) in [6, 6.07) is 8.84. The zero-order valence-corrected chi connectivity index (χ0v) is 17.7. The van der Waals surface area contributed by atoms with Gasteiger partial charge in [0.15, 0.2) is 0 Å². The maximum absolute atomic E-state index is 11.6. The van der Waals surface area contributed by atoms with E-state index in [1.807, 2.05) is 12.1 Å². The normalized spacial score (nSPS) is 28.5. The van der Waals surface area contributed by atoms with Crippen LogP contribution in [0.3, 0.4) is 0 Å². The van der Waals surface area contributed by atoms with Gasteiger partial charge in [0.2, 0.25) is 5.91 Å². The summed E-state index contributed by atoms with van der Waals surface area (Å²) in [4.78, 5) is 19.2. The number of anilines is 1. The number of hydrogen-bond donors (Lipinski definition) is 1. The number of nitrogens with one attached hydrogen (secondary N) is 1. The Morgan fingerprint density at radius 2 is 1.96 bits per heavy atom. The van der Waals surface area contributed by atoms with Crippen LogP contribution in [0.1, 0.15) is 25.7 Å². The number of carbonyl (C=O) groups is 1. The number of amides is 1. The Balaban J connectivity index is 1.16. The highest BCUT2D eigenvalue weighted by Crippen LogP contribution is 2.38. The molecule has 4 rings (SSSR count). The Kier molecular flexibility index (Phi) is 6.44. The second kappa shape index (κ2) is 9.02. The molecular formula is C22H33ClN4O. The lowest BCUT2D eigenvalue weighted by Crippen LogP contribution is -2.47. The molecule has 3 fully saturated rings. The van der Waals surface area contributed by atoms with Gasteiger partial charge >= 0.3 is 0 Å². The SMILES string of the molecule is CN(CCCN1CCN(c2cccc(Cl)c2)CC1)[C@H]1C[C@H]2CNC(=O)C[C@H]2C1. The molecular weight excluding hydrogens is 372 g/mol. The molecule has 3 atom stereocenters. The van der Waals surface area contributed by atoms with Crippen LogP contribution in [0.25, 0.3) is 0 Å². The second-order valence-corrected chi connectivity index (χ2v) is 9.23. The maximum atomic E-state index is 11.6. The molecule has 0 bridgehead atoms. The van der Waals surface area contributed by atoms with Gasteiger partial charge in [-0.2, -0.15) is 0 Å². The van der Waals surface area contributed by atoms with Gasteiger partial charge in [-0.3, -0.25) is 9.69 Å². The van der Waals surface area contributed by atoms with Crippen molar-refractivity contribution >= 4 is 23.2 Å². The van der Waals surface area contributed by atoms with E-state index in [9.17, 15) is 4.79 Å². The van der Waals surface area contributed by atoms with E-state index in [-0.39, 0.29) is 5.91 Å². The van der Waals surface area contributed by atoms with E-state index in [1.165, 1.54) is 31.5 Å². The predicted molar refractivity (Wildman–Crippen MR) is 115 cm³/mol. The smallest absolute Gasteiger partial charge is 0.220 e. The molecule has 1 amide bonds. The number of rotatable bonds is 6. The summed E-state index contributed by atoms with van der Waals surface area (Å²) in [5.41, 5.74) is 1.24. The third-order valence-corrected chi connectivity index (χ3v) is 7.21. The third-order valence-electron chi connectivity index (χ3n) is 6.98. The Morgan fingerprint density at radius 1 is 1.18 bits per heavy atom. The third kappa shape index (κ3) is 4.81. The van der Waals surface area contributed by atoms with Crippen molar-refractivity contribution in [2.75, 3.05) is 57.8 Å². The van der Waals surface area contributed by atoms with Gasteiger partial charge in [-0.25, -0.2) is 0 Å². The summed E-state index contributed by atoms with van der Waals surface area (Å²) in [6.45, 7) is 7.61. The van der Waals surface area contributed by atoms with E-state index in [2.05, 4.69) is 39.2 Å². The molecule has 3 aliphatic rings. The summed E-state index contributed by atoms with van der Waals surface area (Å²) < 4.78 is 0. The monoisotopic (exact) mass is 404 g/mol. The standard InChI is InChI=1S/C22H33ClN4O/c1-25(21-12-17-14-22(28)24-16-18(17)13-21)6-3-7-26-8-10-27(11-9-26)20-5-2-4-19(23)15-20/h2,4-5,15,17-18,21H,3,6-14,16H2,1H3,(H,24,28)/t17-,18+,21-/m1/s1. The van der Waals surface area contributed by atoms with Crippen molar-refractivity contribution in [2.45, 2.75) is 31.7 Å². The zero-order valence-electron chi connectivity index (χ0n) is 16.9. The first-order valence-corrected chi connectivity index (χ1v) is 11.2. The lowest BCUT2D eigenvalue weighted by atomic mass is 9.89. The molecule has 5 nitrogen and oxygen atoms in total. The van der Waals surface area contributed by atoms with Crippen molar-refractivity contribution in [3.63, 3.8) is 0 Å². The highest BCUT2D eigenvalue weighted by atomic mass is 35.5. The van der Waals surface area contributed by atoms with E-state index in [4.69, 9.17) is 11.6 Å². The van der Waals surface area contributed by atoms with Crippen LogP contribution in [-0.4, -0.2) is 74.6 Å². The number of fused-ring (bicyclic) bond motifs is 1. The number of piperazine rings is 1. The fourth-order valence-corrected chi connectivity index (χ4v) is 5.41. The maximum Gasteiger partial charge on any atom is 0.220 e. The number of nitrogens with zero attached hydrogens (tertiary/aromatic N) is 3. The van der Waals surface area contributed by atoms with E-state index < -0.39 is 0 Å². The first-order valence-electron chi connectivity index (χ1n) is 10.8. The summed E-state index contributed by atoms with van der Waals surface area (Å²) in [5, 5.41) is 3.86. The Bertz CT molecular complexity index is 676. The Hall–Kier alpha value is -1.30. The second-order valence-electron chi connectivity index (χ2n) is 8.80. The van der Waals surface area contributed by atoms with Crippen LogP contribution in [-0.2, 0) is 4.79 Å². The number of piperidine rings is 1. The minimum absolute atomic E-state index is 0.251. The van der Waals surface area contributed by atoms with E-state index in [0.29, 0.717) is 17.9 Å². The number of hydrogen-bond acceptors (Lipinski definition) is 4. The van der Waals surface area contributed by atoms with Crippen LogP contribution in [0.15, 0.2) is 24.3 Å². The van der Waals surface area contributed by atoms with Crippen molar-refractivity contribution in [1.29, 1.82) is 0 Å². The summed E-state index contributed by atoms with van der Waals surface area (Å²) in [5.74, 6) is 1.56. The highest BCUT2D eigenvalue weighted by Gasteiger charge is 2.39. The van der Waals surface area contributed by atoms with Crippen LogP contribution < -0.4 is 10.2 Å². The molecule has 1 N–H and O–H groups in total. The Labute approximate surface area is 174 Å². The van der Waals surface area contributed by atoms with Crippen molar-refractivity contribution in [1.82, 2.24) is 15.1 Å². The summed E-state index contributed by atoms with van der Waals surface area (Å²) >= 11 is 6.13. The molecule has 6 heteroatoms. The Morgan fingerprint density at radius 3 is 2.75 bits per heavy atom. The molecule has 0 unspecified atom stereocenters. The first kappa shape index (κ1) is 20.0. The molecule has 1 saturated carbocycles. The average molecular weight is 405 g/mol. The molecule has 0 aromatic heterocycles. The molecule has 0 radical (unpaired) electrons. The van der Waals surface area contributed by atoms with Crippen LogP contribution in [0.5, 0.6) is 0 Å².